The Kier molecular flexibility index (Phi) is 9.64. The molecule has 0 radical (unpaired) electrons. The molecule has 4 rings (SSSR count). The largest absolute Gasteiger partial charge is 0.463 e. The summed E-state index contributed by atoms with van der Waals surface area (Å²) in [7, 11) is 0. The smallest absolute Gasteiger partial charge is 0.303 e. The van der Waals surface area contributed by atoms with Crippen LogP contribution in [0.3, 0.4) is 0 Å². The van der Waals surface area contributed by atoms with E-state index in [0.717, 1.165) is 12.0 Å². The highest BCUT2D eigenvalue weighted by molar-refractivity contribution is 5.85. The Labute approximate surface area is 243 Å². The molecule has 1 N–H and O–H groups in total. The Morgan fingerprint density at radius 2 is 1.43 bits per heavy atom. The van der Waals surface area contributed by atoms with Gasteiger partial charge in [0.2, 0.25) is 0 Å². The molecule has 0 aliphatic carbocycles. The quantitative estimate of drug-likeness (QED) is 0.295. The zero-order chi connectivity index (χ0) is 30.6. The fourth-order valence-corrected chi connectivity index (χ4v) is 5.20. The van der Waals surface area contributed by atoms with Gasteiger partial charge in [0, 0.05) is 44.8 Å². The van der Waals surface area contributed by atoms with Crippen LogP contribution < -0.4 is 0 Å². The number of aliphatic hydroxyl groups is 1. The van der Waals surface area contributed by atoms with Crippen LogP contribution in [0.1, 0.15) is 63.6 Å². The summed E-state index contributed by atoms with van der Waals surface area (Å²) in [6.45, 7) is 6.45. The van der Waals surface area contributed by atoms with Crippen molar-refractivity contribution in [1.82, 2.24) is 4.57 Å². The number of carbonyl (C=O) groups excluding carboxylic acids is 4. The first kappa shape index (κ1) is 30.7. The molecule has 224 valence electrons. The Balaban J connectivity index is 1.86. The Morgan fingerprint density at radius 3 is 2.02 bits per heavy atom. The van der Waals surface area contributed by atoms with Crippen LogP contribution in [0.15, 0.2) is 54.7 Å². The minimum absolute atomic E-state index is 0.340. The van der Waals surface area contributed by atoms with Crippen molar-refractivity contribution in [3.63, 3.8) is 0 Å². The number of carbonyl (C=O) groups is 4. The molecule has 2 heterocycles. The van der Waals surface area contributed by atoms with E-state index < -0.39 is 60.6 Å². The van der Waals surface area contributed by atoms with E-state index >= 15 is 0 Å². The lowest BCUT2D eigenvalue weighted by Crippen LogP contribution is -2.60. The van der Waals surface area contributed by atoms with Gasteiger partial charge in [0.1, 0.15) is 18.8 Å². The van der Waals surface area contributed by atoms with Crippen LogP contribution in [0.5, 0.6) is 0 Å². The summed E-state index contributed by atoms with van der Waals surface area (Å²) in [6.07, 6.45) is -4.57. The summed E-state index contributed by atoms with van der Waals surface area (Å²) in [5.41, 5.74) is 2.99. The molecule has 1 fully saturated rings. The summed E-state index contributed by atoms with van der Waals surface area (Å²) in [4.78, 5) is 48.3. The Hall–Kier alpha value is -4.22. The Bertz CT molecular complexity index is 1450. The molecule has 1 aliphatic rings. The number of ether oxygens (including phenoxy) is 5. The summed E-state index contributed by atoms with van der Waals surface area (Å²) < 4.78 is 30.0. The summed E-state index contributed by atoms with van der Waals surface area (Å²) in [6, 6.07) is 14.9. The van der Waals surface area contributed by atoms with Crippen molar-refractivity contribution in [1.29, 1.82) is 0 Å². The monoisotopic (exact) mass is 581 g/mol. The molecule has 1 aliphatic heterocycles. The van der Waals surface area contributed by atoms with Crippen LogP contribution in [-0.2, 0) is 49.3 Å². The maximum absolute atomic E-state index is 12.3. The third kappa shape index (κ3) is 6.80. The lowest BCUT2D eigenvalue weighted by atomic mass is 9.97. The van der Waals surface area contributed by atoms with Gasteiger partial charge in [0.05, 0.1) is 5.52 Å². The van der Waals surface area contributed by atoms with E-state index in [1.54, 1.807) is 22.9 Å². The average Bonchev–Trinajstić information content (AvgIpc) is 3.32. The lowest BCUT2D eigenvalue weighted by molar-refractivity contribution is -0.267. The van der Waals surface area contributed by atoms with Crippen LogP contribution in [0.4, 0.5) is 0 Å². The highest BCUT2D eigenvalue weighted by Gasteiger charge is 2.53. The molecule has 6 atom stereocenters. The number of rotatable bonds is 9. The fraction of sp³-hybridized carbons (Fsp3) is 0.419. The first-order chi connectivity index (χ1) is 20.0. The number of hydrogen-bond donors (Lipinski definition) is 1. The van der Waals surface area contributed by atoms with Gasteiger partial charge in [0.15, 0.2) is 24.5 Å². The molecular formula is C31H35NO10. The van der Waals surface area contributed by atoms with E-state index in [0.29, 0.717) is 22.0 Å². The standard InChI is InChI=1S/C31H35NO10/c1-6-21-11-13-22(14-12-21)27(37)24-15-32(25-10-8-7-9-23(24)25)31-30(41-20(5)36)29(40-19(4)35)28(39-18(3)34)26(42-31)16-38-17(2)33/h7-15,26-31,37H,6,16H2,1-5H3. The van der Waals surface area contributed by atoms with Crippen molar-refractivity contribution < 1.29 is 48.0 Å². The molecule has 1 aromatic heterocycles. The molecule has 0 amide bonds. The van der Waals surface area contributed by atoms with Crippen molar-refractivity contribution in [2.75, 3.05) is 6.61 Å². The molecule has 0 bridgehead atoms. The first-order valence-electron chi connectivity index (χ1n) is 13.7. The number of nitrogens with zero attached hydrogens (tertiary/aromatic N) is 1. The zero-order valence-corrected chi connectivity index (χ0v) is 24.1. The second-order valence-electron chi connectivity index (χ2n) is 10.1. The molecule has 3 aromatic rings. The van der Waals surface area contributed by atoms with Crippen LogP contribution >= 0.6 is 0 Å². The number of hydrogen-bond acceptors (Lipinski definition) is 10. The van der Waals surface area contributed by atoms with Gasteiger partial charge in [-0.05, 0) is 23.6 Å². The maximum Gasteiger partial charge on any atom is 0.303 e. The maximum atomic E-state index is 12.3. The van der Waals surface area contributed by atoms with Crippen molar-refractivity contribution in [2.45, 2.75) is 77.8 Å². The number of aromatic nitrogens is 1. The molecular weight excluding hydrogens is 546 g/mol. The summed E-state index contributed by atoms with van der Waals surface area (Å²) in [5, 5.41) is 12.2. The molecule has 11 nitrogen and oxygen atoms in total. The fourth-order valence-electron chi connectivity index (χ4n) is 5.20. The van der Waals surface area contributed by atoms with Crippen molar-refractivity contribution in [3.8, 4) is 0 Å². The van der Waals surface area contributed by atoms with Gasteiger partial charge in [-0.3, -0.25) is 19.2 Å². The third-order valence-electron chi connectivity index (χ3n) is 7.01. The summed E-state index contributed by atoms with van der Waals surface area (Å²) in [5.74, 6) is -2.73. The number of fused-ring (bicyclic) bond motifs is 1. The normalized spacial score (nSPS) is 22.7. The highest BCUT2D eigenvalue weighted by atomic mass is 16.7. The predicted octanol–water partition coefficient (Wildman–Crippen LogP) is 3.54. The number of aryl methyl sites for hydroxylation is 1. The van der Waals surface area contributed by atoms with Gasteiger partial charge in [-0.1, -0.05) is 49.4 Å². The van der Waals surface area contributed by atoms with E-state index in [2.05, 4.69) is 0 Å². The van der Waals surface area contributed by atoms with Crippen molar-refractivity contribution in [3.05, 3.63) is 71.4 Å². The second-order valence-corrected chi connectivity index (χ2v) is 10.1. The molecule has 6 unspecified atom stereocenters. The minimum atomic E-state index is -1.31. The van der Waals surface area contributed by atoms with Gasteiger partial charge in [-0.25, -0.2) is 0 Å². The highest BCUT2D eigenvalue weighted by Crippen LogP contribution is 2.39. The topological polar surface area (TPSA) is 140 Å². The predicted molar refractivity (Wildman–Crippen MR) is 149 cm³/mol. The Morgan fingerprint density at radius 1 is 0.833 bits per heavy atom. The number of para-hydroxylation sites is 1. The molecule has 1 saturated heterocycles. The molecule has 42 heavy (non-hydrogen) atoms. The van der Waals surface area contributed by atoms with Gasteiger partial charge in [-0.2, -0.15) is 0 Å². The van der Waals surface area contributed by atoms with E-state index in [-0.39, 0.29) is 6.61 Å². The van der Waals surface area contributed by atoms with Crippen LogP contribution in [0.25, 0.3) is 10.9 Å². The minimum Gasteiger partial charge on any atom is -0.463 e. The number of benzene rings is 2. The number of esters is 4. The van der Waals surface area contributed by atoms with Gasteiger partial charge >= 0.3 is 23.9 Å². The van der Waals surface area contributed by atoms with E-state index in [1.165, 1.54) is 27.7 Å². The second kappa shape index (κ2) is 13.2. The van der Waals surface area contributed by atoms with Gasteiger partial charge in [0.25, 0.3) is 0 Å². The van der Waals surface area contributed by atoms with E-state index in [4.69, 9.17) is 23.7 Å². The average molecular weight is 582 g/mol. The van der Waals surface area contributed by atoms with E-state index in [9.17, 15) is 24.3 Å². The summed E-state index contributed by atoms with van der Waals surface area (Å²) >= 11 is 0. The molecule has 11 heteroatoms. The van der Waals surface area contributed by atoms with Crippen molar-refractivity contribution >= 4 is 34.8 Å². The third-order valence-corrected chi connectivity index (χ3v) is 7.01. The van der Waals surface area contributed by atoms with Crippen LogP contribution in [-0.4, -0.2) is 64.6 Å². The first-order valence-corrected chi connectivity index (χ1v) is 13.7. The molecule has 0 saturated carbocycles. The van der Waals surface area contributed by atoms with Crippen LogP contribution in [0, 0.1) is 0 Å². The molecule has 2 aromatic carbocycles. The van der Waals surface area contributed by atoms with Crippen molar-refractivity contribution in [2.24, 2.45) is 0 Å². The van der Waals surface area contributed by atoms with Gasteiger partial charge in [-0.15, -0.1) is 0 Å². The SMILES string of the molecule is CCc1ccc(C(O)c2cn(C3OC(COC(C)=O)C(OC(C)=O)C(OC(C)=O)C3OC(C)=O)c3ccccc23)cc1. The van der Waals surface area contributed by atoms with Gasteiger partial charge < -0.3 is 33.4 Å². The zero-order valence-electron chi connectivity index (χ0n) is 24.1. The van der Waals surface area contributed by atoms with E-state index in [1.807, 2.05) is 43.3 Å². The number of aliphatic hydroxyl groups excluding tert-OH is 1. The lowest BCUT2D eigenvalue weighted by Gasteiger charge is -2.44. The van der Waals surface area contributed by atoms with Crippen LogP contribution in [0.2, 0.25) is 0 Å². The molecule has 0 spiro atoms.